The Balaban J connectivity index is 2.55. The molecule has 4 atom stereocenters. The maximum absolute atomic E-state index is 11.4. The highest BCUT2D eigenvalue weighted by Gasteiger charge is 2.58. The lowest BCUT2D eigenvalue weighted by Gasteiger charge is -2.54. The second kappa shape index (κ2) is 4.16. The standard InChI is InChI=1S/C15H20O3/c1-10-6-7-14(3)13(11(10)2)5-4-12(8-16)15(14,18)9-17/h4,8-10,13,18H,2,5-7H2,1,3H3/t10-,13-,14-,15+/m0/s1. The molecule has 1 N–H and O–H groups in total. The van der Waals surface area contributed by atoms with Crippen LogP contribution in [0.2, 0.25) is 0 Å². The van der Waals surface area contributed by atoms with Crippen molar-refractivity contribution in [3.05, 3.63) is 23.8 Å². The quantitative estimate of drug-likeness (QED) is 0.601. The molecule has 18 heavy (non-hydrogen) atoms. The van der Waals surface area contributed by atoms with Crippen LogP contribution >= 0.6 is 0 Å². The number of hydrogen-bond donors (Lipinski definition) is 1. The average molecular weight is 248 g/mol. The van der Waals surface area contributed by atoms with E-state index in [0.717, 1.165) is 18.4 Å². The Morgan fingerprint density at radius 3 is 2.72 bits per heavy atom. The number of allylic oxidation sites excluding steroid dienone is 2. The van der Waals surface area contributed by atoms with Gasteiger partial charge in [-0.25, -0.2) is 0 Å². The molecule has 2 aliphatic rings. The van der Waals surface area contributed by atoms with E-state index in [1.165, 1.54) is 0 Å². The van der Waals surface area contributed by atoms with Crippen LogP contribution in [-0.4, -0.2) is 23.3 Å². The minimum absolute atomic E-state index is 0.0696. The molecule has 0 saturated heterocycles. The summed E-state index contributed by atoms with van der Waals surface area (Å²) in [6.07, 6.45) is 5.15. The maximum atomic E-state index is 11.4. The predicted molar refractivity (Wildman–Crippen MR) is 68.9 cm³/mol. The summed E-state index contributed by atoms with van der Waals surface area (Å²) >= 11 is 0. The van der Waals surface area contributed by atoms with E-state index >= 15 is 0 Å². The first-order valence-corrected chi connectivity index (χ1v) is 6.44. The summed E-state index contributed by atoms with van der Waals surface area (Å²) in [5.74, 6) is 0.477. The van der Waals surface area contributed by atoms with E-state index in [0.29, 0.717) is 24.9 Å². The third-order valence-corrected chi connectivity index (χ3v) is 5.13. The molecule has 0 bridgehead atoms. The first-order chi connectivity index (χ1) is 8.40. The van der Waals surface area contributed by atoms with Crippen LogP contribution in [0, 0.1) is 17.3 Å². The van der Waals surface area contributed by atoms with Crippen molar-refractivity contribution in [2.45, 2.75) is 38.7 Å². The summed E-state index contributed by atoms with van der Waals surface area (Å²) < 4.78 is 0. The van der Waals surface area contributed by atoms with Gasteiger partial charge in [0.1, 0.15) is 6.29 Å². The monoisotopic (exact) mass is 248 g/mol. The molecule has 3 nitrogen and oxygen atoms in total. The Morgan fingerprint density at radius 1 is 1.50 bits per heavy atom. The molecule has 0 aliphatic heterocycles. The predicted octanol–water partition coefficient (Wildman–Crippen LogP) is 2.05. The van der Waals surface area contributed by atoms with Crippen molar-refractivity contribution in [3.63, 3.8) is 0 Å². The molecule has 0 aromatic carbocycles. The molecule has 2 rings (SSSR count). The first kappa shape index (κ1) is 13.2. The number of aliphatic hydroxyl groups is 1. The number of fused-ring (bicyclic) bond motifs is 1. The number of carbonyl (C=O) groups is 2. The number of hydrogen-bond acceptors (Lipinski definition) is 3. The van der Waals surface area contributed by atoms with Crippen LogP contribution in [0.25, 0.3) is 0 Å². The van der Waals surface area contributed by atoms with Gasteiger partial charge < -0.3 is 5.11 Å². The summed E-state index contributed by atoms with van der Waals surface area (Å²) in [7, 11) is 0. The topological polar surface area (TPSA) is 54.4 Å². The lowest BCUT2D eigenvalue weighted by atomic mass is 9.51. The second-order valence-electron chi connectivity index (χ2n) is 5.88. The van der Waals surface area contributed by atoms with E-state index in [2.05, 4.69) is 13.5 Å². The highest BCUT2D eigenvalue weighted by molar-refractivity contribution is 5.88. The summed E-state index contributed by atoms with van der Waals surface area (Å²) in [5, 5.41) is 10.7. The Bertz CT molecular complexity index is 437. The minimum Gasteiger partial charge on any atom is -0.377 e. The van der Waals surface area contributed by atoms with Crippen LogP contribution in [0.1, 0.15) is 33.1 Å². The average Bonchev–Trinajstić information content (AvgIpc) is 2.37. The molecule has 0 aromatic rings. The molecule has 0 heterocycles. The van der Waals surface area contributed by atoms with E-state index in [4.69, 9.17) is 0 Å². The highest BCUT2D eigenvalue weighted by atomic mass is 16.3. The number of aldehydes is 2. The second-order valence-corrected chi connectivity index (χ2v) is 5.88. The van der Waals surface area contributed by atoms with Crippen molar-refractivity contribution in [2.24, 2.45) is 17.3 Å². The Labute approximate surface area is 108 Å². The largest absolute Gasteiger partial charge is 0.377 e. The SMILES string of the molecule is C=C1[C@@H](C)CC[C@@]2(C)[C@H]1CC=C(C=O)[C@]2(O)C=O. The van der Waals surface area contributed by atoms with Gasteiger partial charge in [0.25, 0.3) is 0 Å². The molecule has 3 heteroatoms. The zero-order valence-corrected chi connectivity index (χ0v) is 11.0. The van der Waals surface area contributed by atoms with Crippen molar-refractivity contribution in [3.8, 4) is 0 Å². The van der Waals surface area contributed by atoms with Gasteiger partial charge in [-0.15, -0.1) is 0 Å². The van der Waals surface area contributed by atoms with E-state index < -0.39 is 11.0 Å². The van der Waals surface area contributed by atoms with Crippen molar-refractivity contribution in [2.75, 3.05) is 0 Å². The van der Waals surface area contributed by atoms with Gasteiger partial charge in [-0.2, -0.15) is 0 Å². The fourth-order valence-electron chi connectivity index (χ4n) is 3.57. The van der Waals surface area contributed by atoms with Gasteiger partial charge in [0.05, 0.1) is 0 Å². The van der Waals surface area contributed by atoms with Crippen LogP contribution < -0.4 is 0 Å². The lowest BCUT2D eigenvalue weighted by Crippen LogP contribution is -2.58. The van der Waals surface area contributed by atoms with E-state index in [-0.39, 0.29) is 11.5 Å². The van der Waals surface area contributed by atoms with E-state index in [1.807, 2.05) is 6.92 Å². The zero-order chi connectivity index (χ0) is 13.6. The van der Waals surface area contributed by atoms with Crippen LogP contribution in [0.3, 0.4) is 0 Å². The number of carbonyl (C=O) groups excluding carboxylic acids is 2. The maximum Gasteiger partial charge on any atom is 0.156 e. The molecule has 98 valence electrons. The molecule has 0 radical (unpaired) electrons. The molecule has 0 unspecified atom stereocenters. The Hall–Kier alpha value is -1.22. The molecule has 0 aromatic heterocycles. The zero-order valence-electron chi connectivity index (χ0n) is 11.0. The van der Waals surface area contributed by atoms with Crippen LogP contribution in [0.15, 0.2) is 23.8 Å². The first-order valence-electron chi connectivity index (χ1n) is 6.44. The van der Waals surface area contributed by atoms with Gasteiger partial charge in [0.15, 0.2) is 11.9 Å². The highest BCUT2D eigenvalue weighted by Crippen LogP contribution is 2.56. The fourth-order valence-corrected chi connectivity index (χ4v) is 3.57. The van der Waals surface area contributed by atoms with Crippen LogP contribution in [0.4, 0.5) is 0 Å². The van der Waals surface area contributed by atoms with Crippen LogP contribution in [0.5, 0.6) is 0 Å². The molecule has 0 amide bonds. The number of rotatable bonds is 2. The third-order valence-electron chi connectivity index (χ3n) is 5.13. The summed E-state index contributed by atoms with van der Waals surface area (Å²) in [5.41, 5.74) is -0.979. The molecule has 2 aliphatic carbocycles. The van der Waals surface area contributed by atoms with Crippen LogP contribution in [-0.2, 0) is 9.59 Å². The van der Waals surface area contributed by atoms with Crippen molar-refractivity contribution in [1.82, 2.24) is 0 Å². The van der Waals surface area contributed by atoms with Gasteiger partial charge in [-0.3, -0.25) is 9.59 Å². The third kappa shape index (κ3) is 1.46. The summed E-state index contributed by atoms with van der Waals surface area (Å²) in [4.78, 5) is 22.5. The Kier molecular flexibility index (Phi) is 3.06. The fraction of sp³-hybridized carbons (Fsp3) is 0.600. The van der Waals surface area contributed by atoms with Crippen molar-refractivity contribution >= 4 is 12.6 Å². The van der Waals surface area contributed by atoms with Crippen molar-refractivity contribution < 1.29 is 14.7 Å². The molecular formula is C15H20O3. The summed E-state index contributed by atoms with van der Waals surface area (Å²) in [6.45, 7) is 8.16. The van der Waals surface area contributed by atoms with E-state index in [1.54, 1.807) is 6.08 Å². The van der Waals surface area contributed by atoms with Gasteiger partial charge in [0, 0.05) is 11.0 Å². The molecule has 1 fully saturated rings. The van der Waals surface area contributed by atoms with E-state index in [9.17, 15) is 14.7 Å². The molecular weight excluding hydrogens is 228 g/mol. The normalized spacial score (nSPS) is 43.9. The summed E-state index contributed by atoms with van der Waals surface area (Å²) in [6, 6.07) is 0. The van der Waals surface area contributed by atoms with Gasteiger partial charge >= 0.3 is 0 Å². The van der Waals surface area contributed by atoms with Gasteiger partial charge in [-0.1, -0.05) is 32.1 Å². The molecule has 1 saturated carbocycles. The van der Waals surface area contributed by atoms with Gasteiger partial charge in [-0.05, 0) is 31.1 Å². The van der Waals surface area contributed by atoms with Gasteiger partial charge in [0.2, 0.25) is 0 Å². The lowest BCUT2D eigenvalue weighted by molar-refractivity contribution is -0.144. The minimum atomic E-state index is -1.67. The smallest absolute Gasteiger partial charge is 0.156 e. The van der Waals surface area contributed by atoms with Crippen molar-refractivity contribution in [1.29, 1.82) is 0 Å². The Morgan fingerprint density at radius 2 is 2.17 bits per heavy atom. The molecule has 0 spiro atoms.